The van der Waals surface area contributed by atoms with Gasteiger partial charge in [-0.05, 0) is 31.6 Å². The van der Waals surface area contributed by atoms with Gasteiger partial charge >= 0.3 is 0 Å². The van der Waals surface area contributed by atoms with Crippen LogP contribution in [0.5, 0.6) is 5.88 Å². The molecule has 4 heteroatoms. The van der Waals surface area contributed by atoms with Crippen molar-refractivity contribution in [1.29, 1.82) is 0 Å². The van der Waals surface area contributed by atoms with E-state index in [-0.39, 0.29) is 0 Å². The number of aryl methyl sites for hydroxylation is 1. The van der Waals surface area contributed by atoms with Crippen LogP contribution in [0.1, 0.15) is 45.4 Å². The molecule has 0 unspecified atom stereocenters. The summed E-state index contributed by atoms with van der Waals surface area (Å²) in [5.41, 5.74) is 0. The number of ether oxygens (including phenoxy) is 1. The van der Waals surface area contributed by atoms with Crippen molar-refractivity contribution < 1.29 is 4.74 Å². The third-order valence-electron chi connectivity index (χ3n) is 3.28. The molecule has 0 saturated heterocycles. The van der Waals surface area contributed by atoms with E-state index < -0.39 is 0 Å². The van der Waals surface area contributed by atoms with E-state index in [0.29, 0.717) is 17.1 Å². The fraction of sp³-hybridized carbons (Fsp3) is 0.692. The van der Waals surface area contributed by atoms with E-state index in [1.807, 2.05) is 6.92 Å². The van der Waals surface area contributed by atoms with Crippen molar-refractivity contribution in [2.45, 2.75) is 52.1 Å². The average Bonchev–Trinajstić information content (AvgIpc) is 2.31. The molecule has 1 heterocycles. The number of halogens is 1. The van der Waals surface area contributed by atoms with Gasteiger partial charge in [0.05, 0.1) is 0 Å². The standard InChI is InChI=1S/C13H19ClN2O/c1-3-12-15-11(14)8-13(16-12)17-10-6-4-9(2)5-7-10/h8-10H,3-7H2,1-2H3. The number of hydrogen-bond donors (Lipinski definition) is 0. The largest absolute Gasteiger partial charge is 0.474 e. The molecule has 1 aliphatic carbocycles. The highest BCUT2D eigenvalue weighted by atomic mass is 35.5. The maximum Gasteiger partial charge on any atom is 0.218 e. The molecule has 0 bridgehead atoms. The lowest BCUT2D eigenvalue weighted by molar-refractivity contribution is 0.129. The second-order valence-corrected chi connectivity index (χ2v) is 5.19. The Morgan fingerprint density at radius 1 is 1.29 bits per heavy atom. The normalized spacial score (nSPS) is 24.6. The summed E-state index contributed by atoms with van der Waals surface area (Å²) >= 11 is 5.94. The zero-order chi connectivity index (χ0) is 12.3. The quantitative estimate of drug-likeness (QED) is 0.773. The molecule has 17 heavy (non-hydrogen) atoms. The maximum absolute atomic E-state index is 5.94. The Morgan fingerprint density at radius 3 is 2.65 bits per heavy atom. The predicted octanol–water partition coefficient (Wildman–Crippen LogP) is 3.65. The summed E-state index contributed by atoms with van der Waals surface area (Å²) < 4.78 is 5.89. The van der Waals surface area contributed by atoms with Crippen molar-refractivity contribution >= 4 is 11.6 Å². The van der Waals surface area contributed by atoms with E-state index in [1.54, 1.807) is 6.07 Å². The first-order chi connectivity index (χ1) is 8.17. The molecule has 94 valence electrons. The third-order valence-corrected chi connectivity index (χ3v) is 3.48. The SMILES string of the molecule is CCc1nc(Cl)cc(OC2CCC(C)CC2)n1. The number of hydrogen-bond acceptors (Lipinski definition) is 3. The van der Waals surface area contributed by atoms with E-state index in [0.717, 1.165) is 31.0 Å². The Kier molecular flexibility index (Phi) is 4.21. The lowest BCUT2D eigenvalue weighted by atomic mass is 9.89. The van der Waals surface area contributed by atoms with Crippen LogP contribution < -0.4 is 4.74 Å². The summed E-state index contributed by atoms with van der Waals surface area (Å²) in [6.07, 6.45) is 5.78. The van der Waals surface area contributed by atoms with Gasteiger partial charge in [-0.1, -0.05) is 25.4 Å². The Bertz CT molecular complexity index is 376. The molecule has 1 aromatic rings. The lowest BCUT2D eigenvalue weighted by Gasteiger charge is -2.26. The van der Waals surface area contributed by atoms with Gasteiger partial charge in [0, 0.05) is 12.5 Å². The van der Waals surface area contributed by atoms with Crippen LogP contribution in [0, 0.1) is 5.92 Å². The van der Waals surface area contributed by atoms with E-state index in [4.69, 9.17) is 16.3 Å². The first-order valence-electron chi connectivity index (χ1n) is 6.37. The van der Waals surface area contributed by atoms with Crippen LogP contribution in [0.4, 0.5) is 0 Å². The Balaban J connectivity index is 2.00. The Morgan fingerprint density at radius 2 is 2.00 bits per heavy atom. The molecule has 1 fully saturated rings. The van der Waals surface area contributed by atoms with Gasteiger partial charge in [0.15, 0.2) is 0 Å². The summed E-state index contributed by atoms with van der Waals surface area (Å²) in [6, 6.07) is 1.71. The van der Waals surface area contributed by atoms with Crippen LogP contribution >= 0.6 is 11.6 Å². The molecule has 0 aliphatic heterocycles. The van der Waals surface area contributed by atoms with Crippen LogP contribution in [0.3, 0.4) is 0 Å². The van der Waals surface area contributed by atoms with Gasteiger partial charge in [0.25, 0.3) is 0 Å². The van der Waals surface area contributed by atoms with Crippen molar-refractivity contribution in [2.75, 3.05) is 0 Å². The molecule has 1 aliphatic rings. The van der Waals surface area contributed by atoms with Crippen molar-refractivity contribution in [1.82, 2.24) is 9.97 Å². The second kappa shape index (κ2) is 5.67. The predicted molar refractivity (Wildman–Crippen MR) is 68.5 cm³/mol. The van der Waals surface area contributed by atoms with Gasteiger partial charge < -0.3 is 4.74 Å². The van der Waals surface area contributed by atoms with E-state index in [2.05, 4.69) is 16.9 Å². The molecule has 0 atom stereocenters. The summed E-state index contributed by atoms with van der Waals surface area (Å²) in [6.45, 7) is 4.31. The van der Waals surface area contributed by atoms with Crippen LogP contribution in [0.2, 0.25) is 5.15 Å². The molecule has 1 aromatic heterocycles. The van der Waals surface area contributed by atoms with Gasteiger partial charge in [-0.2, -0.15) is 4.98 Å². The number of rotatable bonds is 3. The van der Waals surface area contributed by atoms with Crippen molar-refractivity contribution in [2.24, 2.45) is 5.92 Å². The molecule has 0 radical (unpaired) electrons. The topological polar surface area (TPSA) is 35.0 Å². The fourth-order valence-electron chi connectivity index (χ4n) is 2.18. The molecular formula is C13H19ClN2O. The molecule has 0 spiro atoms. The average molecular weight is 255 g/mol. The van der Waals surface area contributed by atoms with Crippen molar-refractivity contribution in [3.8, 4) is 5.88 Å². The maximum atomic E-state index is 5.94. The second-order valence-electron chi connectivity index (χ2n) is 4.80. The zero-order valence-electron chi connectivity index (χ0n) is 10.4. The van der Waals surface area contributed by atoms with Crippen LogP contribution in [-0.4, -0.2) is 16.1 Å². The molecule has 2 rings (SSSR count). The number of aromatic nitrogens is 2. The molecule has 0 amide bonds. The van der Waals surface area contributed by atoms with Gasteiger partial charge in [-0.15, -0.1) is 0 Å². The van der Waals surface area contributed by atoms with E-state index in [9.17, 15) is 0 Å². The first kappa shape index (κ1) is 12.6. The van der Waals surface area contributed by atoms with Gasteiger partial charge in [0.2, 0.25) is 5.88 Å². The smallest absolute Gasteiger partial charge is 0.218 e. The Labute approximate surface area is 108 Å². The van der Waals surface area contributed by atoms with Crippen molar-refractivity contribution in [3.05, 3.63) is 17.0 Å². The highest BCUT2D eigenvalue weighted by molar-refractivity contribution is 6.29. The third kappa shape index (κ3) is 3.56. The first-order valence-corrected chi connectivity index (χ1v) is 6.75. The summed E-state index contributed by atoms with van der Waals surface area (Å²) in [5.74, 6) is 2.20. The minimum atomic E-state index is 0.293. The number of nitrogens with zero attached hydrogens (tertiary/aromatic N) is 2. The lowest BCUT2D eigenvalue weighted by Crippen LogP contribution is -2.23. The highest BCUT2D eigenvalue weighted by Gasteiger charge is 2.20. The summed E-state index contributed by atoms with van der Waals surface area (Å²) in [5, 5.41) is 0.469. The van der Waals surface area contributed by atoms with Crippen molar-refractivity contribution in [3.63, 3.8) is 0 Å². The van der Waals surface area contributed by atoms with Gasteiger partial charge in [-0.25, -0.2) is 4.98 Å². The summed E-state index contributed by atoms with van der Waals surface area (Å²) in [7, 11) is 0. The van der Waals surface area contributed by atoms with E-state index in [1.165, 1.54) is 12.8 Å². The molecule has 1 saturated carbocycles. The zero-order valence-corrected chi connectivity index (χ0v) is 11.2. The Hall–Kier alpha value is -0.830. The molecule has 3 nitrogen and oxygen atoms in total. The van der Waals surface area contributed by atoms with E-state index >= 15 is 0 Å². The van der Waals surface area contributed by atoms with Crippen LogP contribution in [0.25, 0.3) is 0 Å². The van der Waals surface area contributed by atoms with Gasteiger partial charge in [-0.3, -0.25) is 0 Å². The molecule has 0 aromatic carbocycles. The van der Waals surface area contributed by atoms with Crippen LogP contribution in [0.15, 0.2) is 6.07 Å². The fourth-order valence-corrected chi connectivity index (χ4v) is 2.37. The van der Waals surface area contributed by atoms with Crippen LogP contribution in [-0.2, 0) is 6.42 Å². The minimum Gasteiger partial charge on any atom is -0.474 e. The minimum absolute atomic E-state index is 0.293. The van der Waals surface area contributed by atoms with Gasteiger partial charge in [0.1, 0.15) is 17.1 Å². The molecule has 0 N–H and O–H groups in total. The monoisotopic (exact) mass is 254 g/mol. The summed E-state index contributed by atoms with van der Waals surface area (Å²) in [4.78, 5) is 8.48. The highest BCUT2D eigenvalue weighted by Crippen LogP contribution is 2.27. The molecular weight excluding hydrogens is 236 g/mol.